The maximum absolute atomic E-state index is 4.33. The maximum Gasteiger partial charge on any atom is 0.0447 e. The van der Waals surface area contributed by atoms with Crippen molar-refractivity contribution in [1.82, 2.24) is 5.32 Å². The molecule has 0 amide bonds. The molecule has 0 spiro atoms. The van der Waals surface area contributed by atoms with Crippen molar-refractivity contribution in [2.75, 3.05) is 0 Å². The van der Waals surface area contributed by atoms with Gasteiger partial charge in [-0.25, -0.2) is 0 Å². The van der Waals surface area contributed by atoms with Crippen LogP contribution in [0.3, 0.4) is 0 Å². The molecule has 1 heteroatoms. The van der Waals surface area contributed by atoms with Crippen molar-refractivity contribution in [3.8, 4) is 0 Å². The lowest BCUT2D eigenvalue weighted by molar-refractivity contribution is 0.542. The molecule has 0 aromatic heterocycles. The van der Waals surface area contributed by atoms with Crippen LogP contribution in [0, 0.1) is 5.92 Å². The Morgan fingerprint density at radius 2 is 1.59 bits per heavy atom. The molecule has 0 aliphatic rings. The number of hydrogen-bond donors (Lipinski definition) is 1. The van der Waals surface area contributed by atoms with Gasteiger partial charge in [-0.05, 0) is 41.9 Å². The lowest BCUT2D eigenvalue weighted by atomic mass is 9.97. The van der Waals surface area contributed by atoms with E-state index in [0.29, 0.717) is 5.92 Å². The van der Waals surface area contributed by atoms with Gasteiger partial charge in [0.05, 0.1) is 0 Å². The van der Waals surface area contributed by atoms with Crippen LogP contribution in [0.2, 0.25) is 0 Å². The maximum atomic E-state index is 4.33. The largest absolute Gasteiger partial charge is 0.382 e. The summed E-state index contributed by atoms with van der Waals surface area (Å²) in [5, 5.41) is 3.66. The van der Waals surface area contributed by atoms with Crippen LogP contribution >= 0.6 is 0 Å². The van der Waals surface area contributed by atoms with Gasteiger partial charge in [0.15, 0.2) is 0 Å². The Labute approximate surface area is 176 Å². The van der Waals surface area contributed by atoms with E-state index in [4.69, 9.17) is 0 Å². The minimum absolute atomic E-state index is 0.203. The third-order valence-corrected chi connectivity index (χ3v) is 5.00. The minimum atomic E-state index is 0.203. The molecular formula is C28H33N. The molecule has 0 saturated heterocycles. The van der Waals surface area contributed by atoms with Gasteiger partial charge in [-0.3, -0.25) is 0 Å². The summed E-state index contributed by atoms with van der Waals surface area (Å²) in [6.45, 7) is 14.2. The van der Waals surface area contributed by atoms with E-state index >= 15 is 0 Å². The minimum Gasteiger partial charge on any atom is -0.382 e. The first kappa shape index (κ1) is 22.2. The molecule has 29 heavy (non-hydrogen) atoms. The normalized spacial score (nSPS) is 13.6. The summed E-state index contributed by atoms with van der Waals surface area (Å²) >= 11 is 0. The fourth-order valence-electron chi connectivity index (χ4n) is 3.21. The van der Waals surface area contributed by atoms with E-state index in [1.807, 2.05) is 12.2 Å². The molecule has 0 radical (unpaired) electrons. The second-order valence-electron chi connectivity index (χ2n) is 7.36. The third-order valence-electron chi connectivity index (χ3n) is 5.00. The lowest BCUT2D eigenvalue weighted by Gasteiger charge is -2.23. The lowest BCUT2D eigenvalue weighted by Crippen LogP contribution is -2.30. The molecule has 2 rings (SSSR count). The quantitative estimate of drug-likeness (QED) is 0.396. The number of aryl methyl sites for hydroxylation is 1. The average molecular weight is 384 g/mol. The van der Waals surface area contributed by atoms with Gasteiger partial charge >= 0.3 is 0 Å². The molecule has 0 bridgehead atoms. The summed E-state index contributed by atoms with van der Waals surface area (Å²) in [7, 11) is 0. The predicted octanol–water partition coefficient (Wildman–Crippen LogP) is 6.82. The summed E-state index contributed by atoms with van der Waals surface area (Å²) in [4.78, 5) is 0. The van der Waals surface area contributed by atoms with E-state index < -0.39 is 0 Å². The molecule has 0 heterocycles. The fourth-order valence-corrected chi connectivity index (χ4v) is 3.21. The highest BCUT2D eigenvalue weighted by Crippen LogP contribution is 2.16. The van der Waals surface area contributed by atoms with Crippen molar-refractivity contribution >= 4 is 0 Å². The van der Waals surface area contributed by atoms with E-state index in [1.54, 1.807) is 6.08 Å². The third kappa shape index (κ3) is 8.23. The van der Waals surface area contributed by atoms with Crippen molar-refractivity contribution < 1.29 is 0 Å². The van der Waals surface area contributed by atoms with Gasteiger partial charge in [-0.2, -0.15) is 0 Å². The molecule has 2 aromatic rings. The highest BCUT2D eigenvalue weighted by molar-refractivity contribution is 5.33. The zero-order valence-electron chi connectivity index (χ0n) is 17.6. The SMILES string of the molecule is C=C/C=C(C=C)/C=C/C(CCc1ccccc1)NC(=C)C(C)Cc1ccccc1. The van der Waals surface area contributed by atoms with Gasteiger partial charge in [0, 0.05) is 11.7 Å². The zero-order chi connectivity index (χ0) is 20.9. The van der Waals surface area contributed by atoms with Gasteiger partial charge in [-0.1, -0.05) is 118 Å². The number of hydrogen-bond acceptors (Lipinski definition) is 1. The van der Waals surface area contributed by atoms with E-state index in [1.165, 1.54) is 11.1 Å². The van der Waals surface area contributed by atoms with Gasteiger partial charge < -0.3 is 5.32 Å². The summed E-state index contributed by atoms with van der Waals surface area (Å²) in [5.74, 6) is 0.354. The van der Waals surface area contributed by atoms with Crippen molar-refractivity contribution in [3.05, 3.63) is 133 Å². The molecule has 2 aromatic carbocycles. The van der Waals surface area contributed by atoms with Crippen LogP contribution < -0.4 is 5.32 Å². The molecule has 0 fully saturated rings. The average Bonchev–Trinajstić information content (AvgIpc) is 2.75. The number of allylic oxidation sites excluding steroid dienone is 6. The topological polar surface area (TPSA) is 12.0 Å². The Hall–Kier alpha value is -3.06. The number of nitrogens with one attached hydrogen (secondary N) is 1. The number of benzene rings is 2. The van der Waals surface area contributed by atoms with E-state index in [2.05, 4.69) is 105 Å². The molecule has 0 aliphatic carbocycles. The Morgan fingerprint density at radius 1 is 0.966 bits per heavy atom. The summed E-state index contributed by atoms with van der Waals surface area (Å²) in [5.41, 5.74) is 4.81. The zero-order valence-corrected chi connectivity index (χ0v) is 17.6. The van der Waals surface area contributed by atoms with Crippen LogP contribution in [0.1, 0.15) is 24.5 Å². The van der Waals surface area contributed by atoms with Gasteiger partial charge in [0.1, 0.15) is 0 Å². The molecule has 1 nitrogen and oxygen atoms in total. The number of rotatable bonds is 12. The second-order valence-corrected chi connectivity index (χ2v) is 7.36. The first-order valence-corrected chi connectivity index (χ1v) is 10.3. The smallest absolute Gasteiger partial charge is 0.0447 e. The Bertz CT molecular complexity index is 827. The Kier molecular flexibility index (Phi) is 9.51. The first-order chi connectivity index (χ1) is 14.1. The van der Waals surface area contributed by atoms with E-state index in [9.17, 15) is 0 Å². The van der Waals surface area contributed by atoms with Crippen molar-refractivity contribution in [2.24, 2.45) is 5.92 Å². The first-order valence-electron chi connectivity index (χ1n) is 10.3. The molecule has 2 unspecified atom stereocenters. The van der Waals surface area contributed by atoms with Crippen LogP contribution in [0.15, 0.2) is 122 Å². The van der Waals surface area contributed by atoms with Crippen LogP contribution in [-0.2, 0) is 12.8 Å². The van der Waals surface area contributed by atoms with Crippen LogP contribution in [0.5, 0.6) is 0 Å². The monoisotopic (exact) mass is 383 g/mol. The molecule has 0 aliphatic heterocycles. The summed E-state index contributed by atoms with van der Waals surface area (Å²) in [6.07, 6.45) is 12.9. The standard InChI is InChI=1S/C28H33N/c1-5-13-25(6-2)18-20-28(21-19-26-14-9-7-10-15-26)29-24(4)23(3)22-27-16-11-8-12-17-27/h5-18,20,23,28-29H,1-2,4,19,21-22H2,3H3/b20-18+,25-13+. The van der Waals surface area contributed by atoms with E-state index in [0.717, 1.165) is 30.5 Å². The van der Waals surface area contributed by atoms with Gasteiger partial charge in [0.25, 0.3) is 0 Å². The van der Waals surface area contributed by atoms with Crippen molar-refractivity contribution in [2.45, 2.75) is 32.2 Å². The fraction of sp³-hybridized carbons (Fsp3) is 0.214. The van der Waals surface area contributed by atoms with Crippen molar-refractivity contribution in [3.63, 3.8) is 0 Å². The summed E-state index contributed by atoms with van der Waals surface area (Å²) < 4.78 is 0. The van der Waals surface area contributed by atoms with Gasteiger partial charge in [0.2, 0.25) is 0 Å². The molecule has 2 atom stereocenters. The summed E-state index contributed by atoms with van der Waals surface area (Å²) in [6, 6.07) is 21.4. The van der Waals surface area contributed by atoms with Crippen LogP contribution in [0.4, 0.5) is 0 Å². The molecule has 1 N–H and O–H groups in total. The molecular weight excluding hydrogens is 350 g/mol. The Morgan fingerprint density at radius 3 is 2.17 bits per heavy atom. The second kappa shape index (κ2) is 12.4. The van der Waals surface area contributed by atoms with Crippen LogP contribution in [-0.4, -0.2) is 6.04 Å². The molecule has 0 saturated carbocycles. The Balaban J connectivity index is 2.05. The van der Waals surface area contributed by atoms with Gasteiger partial charge in [-0.15, -0.1) is 0 Å². The van der Waals surface area contributed by atoms with E-state index in [-0.39, 0.29) is 6.04 Å². The highest BCUT2D eigenvalue weighted by Gasteiger charge is 2.12. The van der Waals surface area contributed by atoms with Crippen molar-refractivity contribution in [1.29, 1.82) is 0 Å². The molecule has 150 valence electrons. The highest BCUT2D eigenvalue weighted by atomic mass is 14.9. The predicted molar refractivity (Wildman–Crippen MR) is 128 cm³/mol. The van der Waals surface area contributed by atoms with Crippen LogP contribution in [0.25, 0.3) is 0 Å².